The number of hydrogen-bond acceptors (Lipinski definition) is 4. The Labute approximate surface area is 135 Å². The van der Waals surface area contributed by atoms with E-state index < -0.39 is 0 Å². The quantitative estimate of drug-likeness (QED) is 0.946. The van der Waals surface area contributed by atoms with E-state index in [1.165, 1.54) is 0 Å². The standard InChI is InChI=1S/C17H20N4O2/c1-12-8-13(2)10-14(9-12)19-17(22)21-7-5-15(11-21)23-16-4-3-6-18-20-16/h3-4,6,8-10,15H,5,7,11H2,1-2H3,(H,19,22). The van der Waals surface area contributed by atoms with Crippen LogP contribution in [0.2, 0.25) is 0 Å². The largest absolute Gasteiger partial charge is 0.471 e. The number of nitrogens with one attached hydrogen (secondary N) is 1. The topological polar surface area (TPSA) is 67.4 Å². The summed E-state index contributed by atoms with van der Waals surface area (Å²) in [5.74, 6) is 0.495. The van der Waals surface area contributed by atoms with Crippen LogP contribution in [0.15, 0.2) is 36.5 Å². The zero-order valence-corrected chi connectivity index (χ0v) is 13.3. The Balaban J connectivity index is 1.57. The highest BCUT2D eigenvalue weighted by atomic mass is 16.5. The molecule has 1 N–H and O–H groups in total. The van der Waals surface area contributed by atoms with Gasteiger partial charge in [-0.2, -0.15) is 5.10 Å². The van der Waals surface area contributed by atoms with E-state index in [1.54, 1.807) is 23.2 Å². The van der Waals surface area contributed by atoms with Crippen molar-refractivity contribution in [2.24, 2.45) is 0 Å². The third kappa shape index (κ3) is 3.97. The molecule has 1 aromatic heterocycles. The van der Waals surface area contributed by atoms with Crippen LogP contribution >= 0.6 is 0 Å². The fourth-order valence-corrected chi connectivity index (χ4v) is 2.78. The maximum absolute atomic E-state index is 12.4. The summed E-state index contributed by atoms with van der Waals surface area (Å²) in [6, 6.07) is 9.46. The predicted octanol–water partition coefficient (Wildman–Crippen LogP) is 2.78. The van der Waals surface area contributed by atoms with Crippen LogP contribution in [0.3, 0.4) is 0 Å². The summed E-state index contributed by atoms with van der Waals surface area (Å²) in [7, 11) is 0. The number of aryl methyl sites for hydroxylation is 2. The average Bonchev–Trinajstić information content (AvgIpc) is 2.96. The Morgan fingerprint density at radius 2 is 2.09 bits per heavy atom. The van der Waals surface area contributed by atoms with Crippen LogP contribution in [0.5, 0.6) is 5.88 Å². The summed E-state index contributed by atoms with van der Waals surface area (Å²) in [6.45, 7) is 5.25. The maximum atomic E-state index is 12.4. The van der Waals surface area contributed by atoms with E-state index in [0.29, 0.717) is 19.0 Å². The third-order valence-corrected chi connectivity index (χ3v) is 3.74. The molecule has 0 spiro atoms. The lowest BCUT2D eigenvalue weighted by Crippen LogP contribution is -2.34. The molecule has 1 aliphatic heterocycles. The number of ether oxygens (including phenoxy) is 1. The van der Waals surface area contributed by atoms with Gasteiger partial charge in [0.2, 0.25) is 5.88 Å². The second-order valence-corrected chi connectivity index (χ2v) is 5.84. The van der Waals surface area contributed by atoms with E-state index in [-0.39, 0.29) is 12.1 Å². The number of rotatable bonds is 3. The smallest absolute Gasteiger partial charge is 0.321 e. The molecule has 3 rings (SSSR count). The molecule has 0 radical (unpaired) electrons. The molecule has 23 heavy (non-hydrogen) atoms. The minimum atomic E-state index is -0.0970. The van der Waals surface area contributed by atoms with Crippen molar-refractivity contribution in [3.63, 3.8) is 0 Å². The summed E-state index contributed by atoms with van der Waals surface area (Å²) in [6.07, 6.45) is 2.35. The minimum Gasteiger partial charge on any atom is -0.471 e. The monoisotopic (exact) mass is 312 g/mol. The summed E-state index contributed by atoms with van der Waals surface area (Å²) in [5.41, 5.74) is 3.09. The number of aromatic nitrogens is 2. The van der Waals surface area contributed by atoms with Gasteiger partial charge in [0.25, 0.3) is 0 Å². The van der Waals surface area contributed by atoms with Gasteiger partial charge in [0, 0.05) is 30.9 Å². The van der Waals surface area contributed by atoms with Crippen LogP contribution in [0.4, 0.5) is 10.5 Å². The first-order valence-electron chi connectivity index (χ1n) is 7.69. The minimum absolute atomic E-state index is 0.0447. The molecule has 1 atom stereocenters. The first-order valence-corrected chi connectivity index (χ1v) is 7.69. The molecule has 6 heteroatoms. The number of nitrogens with zero attached hydrogens (tertiary/aromatic N) is 3. The molecule has 6 nitrogen and oxygen atoms in total. The van der Waals surface area contributed by atoms with Crippen LogP contribution in [0.1, 0.15) is 17.5 Å². The molecule has 1 unspecified atom stereocenters. The molecule has 0 aliphatic carbocycles. The lowest BCUT2D eigenvalue weighted by atomic mass is 10.1. The number of carbonyl (C=O) groups is 1. The summed E-state index contributed by atoms with van der Waals surface area (Å²) < 4.78 is 5.75. The fourth-order valence-electron chi connectivity index (χ4n) is 2.78. The van der Waals surface area contributed by atoms with E-state index in [9.17, 15) is 4.79 Å². The van der Waals surface area contributed by atoms with Crippen LogP contribution in [-0.2, 0) is 0 Å². The van der Waals surface area contributed by atoms with Crippen LogP contribution < -0.4 is 10.1 Å². The number of likely N-dealkylation sites (tertiary alicyclic amines) is 1. The highest BCUT2D eigenvalue weighted by Gasteiger charge is 2.28. The second-order valence-electron chi connectivity index (χ2n) is 5.84. The third-order valence-electron chi connectivity index (χ3n) is 3.74. The number of carbonyl (C=O) groups excluding carboxylic acids is 1. The summed E-state index contributed by atoms with van der Waals surface area (Å²) >= 11 is 0. The Hall–Kier alpha value is -2.63. The van der Waals surface area contributed by atoms with Crippen molar-refractivity contribution in [3.8, 4) is 5.88 Å². The Morgan fingerprint density at radius 1 is 1.30 bits per heavy atom. The van der Waals surface area contributed by atoms with Crippen molar-refractivity contribution in [1.29, 1.82) is 0 Å². The molecule has 1 aromatic carbocycles. The lowest BCUT2D eigenvalue weighted by molar-refractivity contribution is 0.188. The van der Waals surface area contributed by atoms with Gasteiger partial charge >= 0.3 is 6.03 Å². The van der Waals surface area contributed by atoms with Crippen molar-refractivity contribution in [2.45, 2.75) is 26.4 Å². The van der Waals surface area contributed by atoms with Gasteiger partial charge in [0.15, 0.2) is 0 Å². The number of benzene rings is 1. The van der Waals surface area contributed by atoms with Crippen molar-refractivity contribution >= 4 is 11.7 Å². The van der Waals surface area contributed by atoms with Gasteiger partial charge in [-0.3, -0.25) is 0 Å². The molecule has 1 fully saturated rings. The summed E-state index contributed by atoms with van der Waals surface area (Å²) in [4.78, 5) is 14.1. The number of amides is 2. The van der Waals surface area contributed by atoms with E-state index in [2.05, 4.69) is 21.6 Å². The van der Waals surface area contributed by atoms with Gasteiger partial charge in [-0.05, 0) is 43.2 Å². The van der Waals surface area contributed by atoms with E-state index >= 15 is 0 Å². The van der Waals surface area contributed by atoms with Gasteiger partial charge in [0.1, 0.15) is 6.10 Å². The lowest BCUT2D eigenvalue weighted by Gasteiger charge is -2.18. The first kappa shape index (κ1) is 15.3. The van der Waals surface area contributed by atoms with Crippen molar-refractivity contribution in [3.05, 3.63) is 47.7 Å². The maximum Gasteiger partial charge on any atom is 0.321 e. The van der Waals surface area contributed by atoms with Gasteiger partial charge < -0.3 is 15.0 Å². The number of hydrogen-bond donors (Lipinski definition) is 1. The van der Waals surface area contributed by atoms with Crippen LogP contribution in [-0.4, -0.2) is 40.3 Å². The molecule has 0 saturated carbocycles. The van der Waals surface area contributed by atoms with Crippen LogP contribution in [0.25, 0.3) is 0 Å². The van der Waals surface area contributed by atoms with E-state index in [4.69, 9.17) is 4.74 Å². The normalized spacial score (nSPS) is 17.1. The Kier molecular flexibility index (Phi) is 4.41. The average molecular weight is 312 g/mol. The van der Waals surface area contributed by atoms with Crippen molar-refractivity contribution in [1.82, 2.24) is 15.1 Å². The molecule has 120 valence electrons. The second kappa shape index (κ2) is 6.64. The highest BCUT2D eigenvalue weighted by molar-refractivity contribution is 5.89. The Bertz CT molecular complexity index is 670. The zero-order chi connectivity index (χ0) is 16.2. The molecular weight excluding hydrogens is 292 g/mol. The van der Waals surface area contributed by atoms with E-state index in [0.717, 1.165) is 23.2 Å². The fraction of sp³-hybridized carbons (Fsp3) is 0.353. The molecule has 2 heterocycles. The van der Waals surface area contributed by atoms with Gasteiger partial charge in [-0.25, -0.2) is 4.79 Å². The first-order chi connectivity index (χ1) is 11.1. The summed E-state index contributed by atoms with van der Waals surface area (Å²) in [5, 5.41) is 10.6. The van der Waals surface area contributed by atoms with Gasteiger partial charge in [0.05, 0.1) is 6.54 Å². The number of anilines is 1. The molecule has 1 aliphatic rings. The molecule has 2 amide bonds. The van der Waals surface area contributed by atoms with Gasteiger partial charge in [-0.15, -0.1) is 5.10 Å². The molecular formula is C17H20N4O2. The highest BCUT2D eigenvalue weighted by Crippen LogP contribution is 2.18. The Morgan fingerprint density at radius 3 is 2.78 bits per heavy atom. The van der Waals surface area contributed by atoms with Crippen LogP contribution in [0, 0.1) is 13.8 Å². The predicted molar refractivity (Wildman–Crippen MR) is 87.6 cm³/mol. The SMILES string of the molecule is Cc1cc(C)cc(NC(=O)N2CCC(Oc3cccnn3)C2)c1. The van der Waals surface area contributed by atoms with Crippen molar-refractivity contribution < 1.29 is 9.53 Å². The zero-order valence-electron chi connectivity index (χ0n) is 13.3. The number of urea groups is 1. The molecule has 2 aromatic rings. The van der Waals surface area contributed by atoms with Gasteiger partial charge in [-0.1, -0.05) is 6.07 Å². The van der Waals surface area contributed by atoms with E-state index in [1.807, 2.05) is 26.0 Å². The molecule has 1 saturated heterocycles. The molecule has 0 bridgehead atoms. The van der Waals surface area contributed by atoms with Crippen molar-refractivity contribution in [2.75, 3.05) is 18.4 Å².